The summed E-state index contributed by atoms with van der Waals surface area (Å²) < 4.78 is 4.89. The molecule has 0 radical (unpaired) electrons. The van der Waals surface area contributed by atoms with Gasteiger partial charge in [-0.25, -0.2) is 4.79 Å². The van der Waals surface area contributed by atoms with Gasteiger partial charge in [0.05, 0.1) is 0 Å². The standard InChI is InChI=1S/C18H15Cl2NO3/c1-12-2-6-15(20)10-16(12)21-17(22)11-24-18(23)9-5-13-3-7-14(19)8-4-13/h2-10H,11H2,1H3,(H,21,22). The highest BCUT2D eigenvalue weighted by molar-refractivity contribution is 6.31. The van der Waals surface area contributed by atoms with Crippen LogP contribution in [0.25, 0.3) is 6.08 Å². The number of anilines is 1. The van der Waals surface area contributed by atoms with Crippen molar-refractivity contribution in [2.75, 3.05) is 11.9 Å². The lowest BCUT2D eigenvalue weighted by molar-refractivity contribution is -0.142. The van der Waals surface area contributed by atoms with Gasteiger partial charge in [-0.05, 0) is 48.4 Å². The summed E-state index contributed by atoms with van der Waals surface area (Å²) in [5.74, 6) is -1.04. The van der Waals surface area contributed by atoms with Crippen LogP contribution < -0.4 is 5.32 Å². The highest BCUT2D eigenvalue weighted by Crippen LogP contribution is 2.20. The zero-order valence-corrected chi connectivity index (χ0v) is 14.4. The number of rotatable bonds is 5. The van der Waals surface area contributed by atoms with Crippen molar-refractivity contribution < 1.29 is 14.3 Å². The molecule has 0 bridgehead atoms. The number of ether oxygens (including phenoxy) is 1. The maximum atomic E-state index is 11.8. The minimum absolute atomic E-state index is 0.379. The van der Waals surface area contributed by atoms with E-state index in [9.17, 15) is 9.59 Å². The molecule has 4 nitrogen and oxygen atoms in total. The van der Waals surface area contributed by atoms with Crippen molar-refractivity contribution in [2.45, 2.75) is 6.92 Å². The van der Waals surface area contributed by atoms with Crippen molar-refractivity contribution in [3.05, 3.63) is 69.7 Å². The fraction of sp³-hybridized carbons (Fsp3) is 0.111. The van der Waals surface area contributed by atoms with Crippen molar-refractivity contribution in [1.29, 1.82) is 0 Å². The van der Waals surface area contributed by atoms with Crippen LogP contribution in [0.2, 0.25) is 10.0 Å². The Morgan fingerprint density at radius 2 is 1.75 bits per heavy atom. The molecule has 0 atom stereocenters. The second-order valence-electron chi connectivity index (χ2n) is 5.00. The lowest BCUT2D eigenvalue weighted by Gasteiger charge is -2.08. The predicted octanol–water partition coefficient (Wildman–Crippen LogP) is 4.50. The van der Waals surface area contributed by atoms with Crippen molar-refractivity contribution >= 4 is 46.8 Å². The molecular weight excluding hydrogens is 349 g/mol. The summed E-state index contributed by atoms with van der Waals surface area (Å²) in [5.41, 5.74) is 2.25. The normalized spacial score (nSPS) is 10.6. The van der Waals surface area contributed by atoms with Crippen molar-refractivity contribution in [2.24, 2.45) is 0 Å². The lowest BCUT2D eigenvalue weighted by atomic mass is 10.2. The molecule has 0 heterocycles. The third-order valence-corrected chi connectivity index (χ3v) is 3.59. The average molecular weight is 364 g/mol. The zero-order chi connectivity index (χ0) is 17.5. The van der Waals surface area contributed by atoms with Crippen LogP contribution in [0.1, 0.15) is 11.1 Å². The molecule has 6 heteroatoms. The molecule has 1 N–H and O–H groups in total. The van der Waals surface area contributed by atoms with Crippen LogP contribution in [0.4, 0.5) is 5.69 Å². The largest absolute Gasteiger partial charge is 0.452 e. The summed E-state index contributed by atoms with van der Waals surface area (Å²) in [4.78, 5) is 23.4. The third-order valence-electron chi connectivity index (χ3n) is 3.10. The van der Waals surface area contributed by atoms with Gasteiger partial charge in [-0.3, -0.25) is 4.79 Å². The second-order valence-corrected chi connectivity index (χ2v) is 5.87. The monoisotopic (exact) mass is 363 g/mol. The van der Waals surface area contributed by atoms with Crippen LogP contribution in [0, 0.1) is 6.92 Å². The Morgan fingerprint density at radius 3 is 2.46 bits per heavy atom. The van der Waals surface area contributed by atoms with E-state index >= 15 is 0 Å². The Bertz CT molecular complexity index is 770. The number of esters is 1. The van der Waals surface area contributed by atoms with E-state index in [4.69, 9.17) is 27.9 Å². The topological polar surface area (TPSA) is 55.4 Å². The van der Waals surface area contributed by atoms with Gasteiger partial charge in [0.25, 0.3) is 5.91 Å². The highest BCUT2D eigenvalue weighted by atomic mass is 35.5. The Morgan fingerprint density at radius 1 is 1.08 bits per heavy atom. The Labute approximate surface area is 150 Å². The van der Waals surface area contributed by atoms with Gasteiger partial charge < -0.3 is 10.1 Å². The molecular formula is C18H15Cl2NO3. The molecule has 0 unspecified atom stereocenters. The van der Waals surface area contributed by atoms with Crippen LogP contribution in [0.3, 0.4) is 0 Å². The van der Waals surface area contributed by atoms with Crippen LogP contribution >= 0.6 is 23.2 Å². The number of hydrogen-bond donors (Lipinski definition) is 1. The van der Waals surface area contributed by atoms with Gasteiger partial charge in [-0.15, -0.1) is 0 Å². The first kappa shape index (κ1) is 18.0. The van der Waals surface area contributed by atoms with Crippen LogP contribution in [-0.2, 0) is 14.3 Å². The molecule has 0 spiro atoms. The Hall–Kier alpha value is -2.30. The molecule has 1 amide bonds. The van der Waals surface area contributed by atoms with Gasteiger partial charge in [-0.2, -0.15) is 0 Å². The van der Waals surface area contributed by atoms with E-state index in [1.54, 1.807) is 48.5 Å². The van der Waals surface area contributed by atoms with Crippen molar-refractivity contribution in [3.8, 4) is 0 Å². The van der Waals surface area contributed by atoms with Gasteiger partial charge in [-0.1, -0.05) is 41.4 Å². The Balaban J connectivity index is 1.83. The van der Waals surface area contributed by atoms with E-state index in [-0.39, 0.29) is 6.61 Å². The number of hydrogen-bond acceptors (Lipinski definition) is 3. The lowest BCUT2D eigenvalue weighted by Crippen LogP contribution is -2.20. The number of carbonyl (C=O) groups is 2. The molecule has 2 rings (SSSR count). The molecule has 124 valence electrons. The first-order valence-electron chi connectivity index (χ1n) is 7.10. The smallest absolute Gasteiger partial charge is 0.331 e. The SMILES string of the molecule is Cc1ccc(Cl)cc1NC(=O)COC(=O)C=Cc1ccc(Cl)cc1. The molecule has 2 aromatic rings. The average Bonchev–Trinajstić information content (AvgIpc) is 2.56. The quantitative estimate of drug-likeness (QED) is 0.628. The van der Waals surface area contributed by atoms with E-state index in [1.807, 2.05) is 6.92 Å². The highest BCUT2D eigenvalue weighted by Gasteiger charge is 2.08. The summed E-state index contributed by atoms with van der Waals surface area (Å²) in [6.07, 6.45) is 2.83. The fourth-order valence-electron chi connectivity index (χ4n) is 1.84. The molecule has 2 aromatic carbocycles. The number of amides is 1. The molecule has 0 aliphatic heterocycles. The van der Waals surface area contributed by atoms with Crippen molar-refractivity contribution in [3.63, 3.8) is 0 Å². The first-order valence-corrected chi connectivity index (χ1v) is 7.86. The molecule has 0 aromatic heterocycles. The molecule has 0 aliphatic rings. The van der Waals surface area contributed by atoms with Crippen LogP contribution in [0.5, 0.6) is 0 Å². The second kappa shape index (κ2) is 8.52. The molecule has 0 saturated heterocycles. The molecule has 0 fully saturated rings. The van der Waals surface area contributed by atoms with Crippen LogP contribution in [0.15, 0.2) is 48.5 Å². The molecule has 24 heavy (non-hydrogen) atoms. The maximum absolute atomic E-state index is 11.8. The summed E-state index contributed by atoms with van der Waals surface area (Å²) in [7, 11) is 0. The van der Waals surface area contributed by atoms with Crippen LogP contribution in [-0.4, -0.2) is 18.5 Å². The summed E-state index contributed by atoms with van der Waals surface area (Å²) in [6.45, 7) is 1.46. The number of benzene rings is 2. The van der Waals surface area contributed by atoms with Crippen molar-refractivity contribution in [1.82, 2.24) is 0 Å². The van der Waals surface area contributed by atoms with E-state index in [0.29, 0.717) is 15.7 Å². The summed E-state index contributed by atoms with van der Waals surface area (Å²) in [5, 5.41) is 3.77. The predicted molar refractivity (Wildman–Crippen MR) is 96.3 cm³/mol. The molecule has 0 saturated carbocycles. The number of nitrogens with one attached hydrogen (secondary N) is 1. The summed E-state index contributed by atoms with van der Waals surface area (Å²) in [6, 6.07) is 12.1. The summed E-state index contributed by atoms with van der Waals surface area (Å²) >= 11 is 11.7. The number of carbonyl (C=O) groups excluding carboxylic acids is 2. The minimum atomic E-state index is -0.608. The fourth-order valence-corrected chi connectivity index (χ4v) is 2.14. The van der Waals surface area contributed by atoms with E-state index in [0.717, 1.165) is 11.1 Å². The Kier molecular flexibility index (Phi) is 6.41. The maximum Gasteiger partial charge on any atom is 0.331 e. The first-order chi connectivity index (χ1) is 11.4. The van der Waals surface area contributed by atoms with Gasteiger partial charge in [0.2, 0.25) is 0 Å². The van der Waals surface area contributed by atoms with E-state index < -0.39 is 11.9 Å². The van der Waals surface area contributed by atoms with Gasteiger partial charge >= 0.3 is 5.97 Å². The van der Waals surface area contributed by atoms with E-state index in [1.165, 1.54) is 6.08 Å². The molecule has 0 aliphatic carbocycles. The number of halogens is 2. The third kappa shape index (κ3) is 5.72. The van der Waals surface area contributed by atoms with Gasteiger partial charge in [0.1, 0.15) is 0 Å². The minimum Gasteiger partial charge on any atom is -0.452 e. The zero-order valence-electron chi connectivity index (χ0n) is 12.9. The number of aryl methyl sites for hydroxylation is 1. The van der Waals surface area contributed by atoms with E-state index in [2.05, 4.69) is 5.32 Å². The van der Waals surface area contributed by atoms with Gasteiger partial charge in [0.15, 0.2) is 6.61 Å². The van der Waals surface area contributed by atoms with Gasteiger partial charge in [0, 0.05) is 21.8 Å².